The maximum Gasteiger partial charge on any atom is 0.174 e. The zero-order chi connectivity index (χ0) is 9.47. The highest BCUT2D eigenvalue weighted by Gasteiger charge is 2.40. The van der Waals surface area contributed by atoms with Crippen LogP contribution < -0.4 is 5.32 Å². The Bertz CT molecular complexity index is 336. The lowest BCUT2D eigenvalue weighted by molar-refractivity contribution is 0.0720. The van der Waals surface area contributed by atoms with E-state index in [-0.39, 0.29) is 11.2 Å². The number of nitrogens with one attached hydrogen (secondary N) is 1. The van der Waals surface area contributed by atoms with Gasteiger partial charge in [0.05, 0.1) is 17.2 Å². The molecule has 0 amide bonds. The van der Waals surface area contributed by atoms with Crippen molar-refractivity contribution in [2.24, 2.45) is 5.41 Å². The molecule has 1 aromatic rings. The third-order valence-electron chi connectivity index (χ3n) is 2.68. The van der Waals surface area contributed by atoms with Gasteiger partial charge in [-0.2, -0.15) is 0 Å². The van der Waals surface area contributed by atoms with Crippen LogP contribution in [-0.2, 0) is 0 Å². The molecule has 0 atom stereocenters. The van der Waals surface area contributed by atoms with Gasteiger partial charge in [0.1, 0.15) is 6.26 Å². The van der Waals surface area contributed by atoms with E-state index in [1.807, 2.05) is 13.8 Å². The Kier molecular flexibility index (Phi) is 1.77. The van der Waals surface area contributed by atoms with Crippen molar-refractivity contribution in [2.45, 2.75) is 13.8 Å². The van der Waals surface area contributed by atoms with Crippen molar-refractivity contribution in [3.63, 3.8) is 0 Å². The van der Waals surface area contributed by atoms with E-state index in [0.29, 0.717) is 0 Å². The summed E-state index contributed by atoms with van der Waals surface area (Å²) in [4.78, 5) is 11.9. The molecule has 70 valence electrons. The molecule has 0 aliphatic carbocycles. The van der Waals surface area contributed by atoms with Gasteiger partial charge in [-0.05, 0) is 19.4 Å². The van der Waals surface area contributed by atoms with E-state index in [1.165, 1.54) is 0 Å². The number of Topliss-reactive ketones (excluding diaryl/α,β-unsaturated/α-hetero) is 1. The average Bonchev–Trinajstić information content (AvgIpc) is 2.46. The first-order valence-electron chi connectivity index (χ1n) is 4.42. The van der Waals surface area contributed by atoms with Crippen LogP contribution in [0.2, 0.25) is 0 Å². The summed E-state index contributed by atoms with van der Waals surface area (Å²) in [6, 6.07) is 0. The van der Waals surface area contributed by atoms with E-state index in [4.69, 9.17) is 4.42 Å². The predicted octanol–water partition coefficient (Wildman–Crippen LogP) is 1.38. The van der Waals surface area contributed by atoms with Crippen molar-refractivity contribution in [1.29, 1.82) is 0 Å². The van der Waals surface area contributed by atoms with Crippen LogP contribution in [0.3, 0.4) is 0 Å². The number of furan rings is 1. The fourth-order valence-electron chi connectivity index (χ4n) is 1.58. The lowest BCUT2D eigenvalue weighted by atomic mass is 9.77. The summed E-state index contributed by atoms with van der Waals surface area (Å²) in [6.45, 7) is 5.43. The van der Waals surface area contributed by atoms with Gasteiger partial charge < -0.3 is 9.73 Å². The van der Waals surface area contributed by atoms with Crippen LogP contribution in [0.15, 0.2) is 16.9 Å². The van der Waals surface area contributed by atoms with Crippen molar-refractivity contribution in [1.82, 2.24) is 5.32 Å². The molecule has 1 aliphatic heterocycles. The molecule has 3 heteroatoms. The van der Waals surface area contributed by atoms with E-state index in [0.717, 1.165) is 24.2 Å². The van der Waals surface area contributed by atoms with Crippen LogP contribution in [0.25, 0.3) is 0 Å². The second-order valence-electron chi connectivity index (χ2n) is 3.96. The van der Waals surface area contributed by atoms with E-state index in [2.05, 4.69) is 5.32 Å². The predicted molar refractivity (Wildman–Crippen MR) is 48.8 cm³/mol. The summed E-state index contributed by atoms with van der Waals surface area (Å²) in [6.07, 6.45) is 3.16. The molecular formula is C10H13NO2. The van der Waals surface area contributed by atoms with Crippen LogP contribution in [0, 0.1) is 12.3 Å². The standard InChI is InChI=1S/C10H13NO2/c1-7-3-13-4-8(7)9(12)10(2)5-11-6-10/h3-4,11H,5-6H2,1-2H3. The molecule has 2 heterocycles. The molecule has 0 spiro atoms. The van der Waals surface area contributed by atoms with Crippen LogP contribution in [0.5, 0.6) is 0 Å². The molecule has 3 nitrogen and oxygen atoms in total. The van der Waals surface area contributed by atoms with E-state index in [9.17, 15) is 4.79 Å². The fourth-order valence-corrected chi connectivity index (χ4v) is 1.58. The fraction of sp³-hybridized carbons (Fsp3) is 0.500. The maximum absolute atomic E-state index is 11.9. The third kappa shape index (κ3) is 1.20. The highest BCUT2D eigenvalue weighted by Crippen LogP contribution is 2.28. The van der Waals surface area contributed by atoms with E-state index < -0.39 is 0 Å². The molecule has 0 bridgehead atoms. The molecule has 0 radical (unpaired) electrons. The van der Waals surface area contributed by atoms with E-state index in [1.54, 1.807) is 12.5 Å². The monoisotopic (exact) mass is 179 g/mol. The first kappa shape index (κ1) is 8.51. The molecule has 1 fully saturated rings. The Hall–Kier alpha value is -1.09. The Balaban J connectivity index is 2.27. The molecule has 1 N–H and O–H groups in total. The van der Waals surface area contributed by atoms with Gasteiger partial charge in [-0.1, -0.05) is 0 Å². The molecule has 1 aromatic heterocycles. The molecule has 1 aliphatic rings. The zero-order valence-electron chi connectivity index (χ0n) is 7.89. The van der Waals surface area contributed by atoms with Crippen molar-refractivity contribution in [3.8, 4) is 0 Å². The second-order valence-corrected chi connectivity index (χ2v) is 3.96. The van der Waals surface area contributed by atoms with Gasteiger partial charge in [0, 0.05) is 13.1 Å². The van der Waals surface area contributed by atoms with Crippen LogP contribution >= 0.6 is 0 Å². The highest BCUT2D eigenvalue weighted by molar-refractivity contribution is 6.02. The maximum atomic E-state index is 11.9. The van der Waals surface area contributed by atoms with Gasteiger partial charge >= 0.3 is 0 Å². The number of rotatable bonds is 2. The lowest BCUT2D eigenvalue weighted by Gasteiger charge is -2.37. The Labute approximate surface area is 77.1 Å². The average molecular weight is 179 g/mol. The molecule has 13 heavy (non-hydrogen) atoms. The minimum atomic E-state index is -0.214. The summed E-state index contributed by atoms with van der Waals surface area (Å²) < 4.78 is 4.99. The summed E-state index contributed by atoms with van der Waals surface area (Å²) >= 11 is 0. The minimum Gasteiger partial charge on any atom is -0.472 e. The second kappa shape index (κ2) is 2.70. The van der Waals surface area contributed by atoms with Crippen molar-refractivity contribution in [3.05, 3.63) is 23.7 Å². The van der Waals surface area contributed by atoms with Crippen molar-refractivity contribution in [2.75, 3.05) is 13.1 Å². The van der Waals surface area contributed by atoms with Gasteiger partial charge in [0.15, 0.2) is 5.78 Å². The van der Waals surface area contributed by atoms with Gasteiger partial charge in [-0.15, -0.1) is 0 Å². The van der Waals surface area contributed by atoms with E-state index >= 15 is 0 Å². The molecule has 0 saturated carbocycles. The number of hydrogen-bond acceptors (Lipinski definition) is 3. The number of aryl methyl sites for hydroxylation is 1. The first-order valence-corrected chi connectivity index (χ1v) is 4.42. The number of carbonyl (C=O) groups excluding carboxylic acids is 1. The van der Waals surface area contributed by atoms with Gasteiger partial charge in [0.25, 0.3) is 0 Å². The number of carbonyl (C=O) groups is 1. The molecular weight excluding hydrogens is 166 g/mol. The summed E-state index contributed by atoms with van der Waals surface area (Å²) in [5, 5.41) is 3.11. The topological polar surface area (TPSA) is 42.2 Å². The van der Waals surface area contributed by atoms with Crippen LogP contribution in [-0.4, -0.2) is 18.9 Å². The molecule has 0 aromatic carbocycles. The summed E-state index contributed by atoms with van der Waals surface area (Å²) in [5.41, 5.74) is 1.44. The van der Waals surface area contributed by atoms with Gasteiger partial charge in [-0.25, -0.2) is 0 Å². The van der Waals surface area contributed by atoms with Crippen molar-refractivity contribution < 1.29 is 9.21 Å². The quantitative estimate of drug-likeness (QED) is 0.697. The Morgan fingerprint density at radius 3 is 2.62 bits per heavy atom. The molecule has 0 unspecified atom stereocenters. The van der Waals surface area contributed by atoms with Gasteiger partial charge in [-0.3, -0.25) is 4.79 Å². The summed E-state index contributed by atoms with van der Waals surface area (Å²) in [5.74, 6) is 0.192. The minimum absolute atomic E-state index is 0.192. The third-order valence-corrected chi connectivity index (χ3v) is 2.68. The number of hydrogen-bond donors (Lipinski definition) is 1. The van der Waals surface area contributed by atoms with Crippen LogP contribution in [0.1, 0.15) is 22.8 Å². The first-order chi connectivity index (χ1) is 6.13. The highest BCUT2D eigenvalue weighted by atomic mass is 16.3. The number of ketones is 1. The molecule has 2 rings (SSSR count). The lowest BCUT2D eigenvalue weighted by Crippen LogP contribution is -2.56. The largest absolute Gasteiger partial charge is 0.472 e. The van der Waals surface area contributed by atoms with Crippen molar-refractivity contribution >= 4 is 5.78 Å². The van der Waals surface area contributed by atoms with Crippen LogP contribution in [0.4, 0.5) is 0 Å². The normalized spacial score (nSPS) is 19.5. The Morgan fingerprint density at radius 1 is 1.54 bits per heavy atom. The molecule has 1 saturated heterocycles. The smallest absolute Gasteiger partial charge is 0.174 e. The SMILES string of the molecule is Cc1cocc1C(=O)C1(C)CNC1. The zero-order valence-corrected chi connectivity index (χ0v) is 7.89. The summed E-state index contributed by atoms with van der Waals surface area (Å²) in [7, 11) is 0. The Morgan fingerprint density at radius 2 is 2.23 bits per heavy atom. The van der Waals surface area contributed by atoms with Gasteiger partial charge in [0.2, 0.25) is 0 Å².